The zero-order valence-electron chi connectivity index (χ0n) is 8.35. The minimum atomic E-state index is -1.15. The summed E-state index contributed by atoms with van der Waals surface area (Å²) in [5.74, 6) is 0. The molecule has 1 aromatic carbocycles. The van der Waals surface area contributed by atoms with Crippen LogP contribution in [-0.2, 0) is 5.60 Å². The first kappa shape index (κ1) is 11.0. The summed E-state index contributed by atoms with van der Waals surface area (Å²) in [5, 5.41) is 19.3. The summed E-state index contributed by atoms with van der Waals surface area (Å²) in [7, 11) is 0. The fraction of sp³-hybridized carbons (Fsp3) is 0.333. The number of aliphatic hydroxyl groups excluding tert-OH is 1. The highest BCUT2D eigenvalue weighted by molar-refractivity contribution is 5.23. The normalized spacial score (nSPS) is 15.6. The molecule has 0 saturated heterocycles. The zero-order chi connectivity index (χ0) is 10.4. The standard InChI is InChI=1S/C12H16O2/c1-2-3-9-12(14,10-13)11-7-5-4-6-8-11/h2-8,13-14H,9-10H2,1H3/b3-2-. The Morgan fingerprint density at radius 2 is 1.93 bits per heavy atom. The molecule has 76 valence electrons. The summed E-state index contributed by atoms with van der Waals surface area (Å²) in [5.41, 5.74) is -0.395. The molecule has 0 heterocycles. The number of benzene rings is 1. The van der Waals surface area contributed by atoms with Gasteiger partial charge in [-0.1, -0.05) is 42.5 Å². The van der Waals surface area contributed by atoms with Crippen molar-refractivity contribution >= 4 is 0 Å². The lowest BCUT2D eigenvalue weighted by Gasteiger charge is -2.24. The smallest absolute Gasteiger partial charge is 0.116 e. The van der Waals surface area contributed by atoms with Crippen molar-refractivity contribution in [2.24, 2.45) is 0 Å². The van der Waals surface area contributed by atoms with Gasteiger partial charge in [0, 0.05) is 6.42 Å². The van der Waals surface area contributed by atoms with Gasteiger partial charge in [-0.15, -0.1) is 0 Å². The molecule has 1 aromatic rings. The third-order valence-corrected chi connectivity index (χ3v) is 2.26. The second-order valence-electron chi connectivity index (χ2n) is 3.33. The summed E-state index contributed by atoms with van der Waals surface area (Å²) >= 11 is 0. The van der Waals surface area contributed by atoms with Gasteiger partial charge < -0.3 is 10.2 Å². The molecule has 0 fully saturated rings. The van der Waals surface area contributed by atoms with E-state index in [1.54, 1.807) is 0 Å². The van der Waals surface area contributed by atoms with Gasteiger partial charge in [-0.3, -0.25) is 0 Å². The first-order valence-corrected chi connectivity index (χ1v) is 4.73. The summed E-state index contributed by atoms with van der Waals surface area (Å²) in [6, 6.07) is 9.23. The number of rotatable bonds is 4. The molecule has 0 aliphatic heterocycles. The topological polar surface area (TPSA) is 40.5 Å². The van der Waals surface area contributed by atoms with E-state index in [2.05, 4.69) is 0 Å². The Bertz CT molecular complexity index is 292. The van der Waals surface area contributed by atoms with Crippen LogP contribution in [0.25, 0.3) is 0 Å². The van der Waals surface area contributed by atoms with Gasteiger partial charge in [0.2, 0.25) is 0 Å². The van der Waals surface area contributed by atoms with Gasteiger partial charge in [0.25, 0.3) is 0 Å². The highest BCUT2D eigenvalue weighted by Gasteiger charge is 2.26. The maximum Gasteiger partial charge on any atom is 0.116 e. The number of allylic oxidation sites excluding steroid dienone is 1. The summed E-state index contributed by atoms with van der Waals surface area (Å²) < 4.78 is 0. The lowest BCUT2D eigenvalue weighted by Crippen LogP contribution is -2.29. The van der Waals surface area contributed by atoms with E-state index >= 15 is 0 Å². The minimum Gasteiger partial charge on any atom is -0.393 e. The second-order valence-corrected chi connectivity index (χ2v) is 3.33. The fourth-order valence-corrected chi connectivity index (χ4v) is 1.33. The Labute approximate surface area is 84.5 Å². The van der Waals surface area contributed by atoms with Crippen LogP contribution in [0.4, 0.5) is 0 Å². The summed E-state index contributed by atoms with van der Waals surface area (Å²) in [6.07, 6.45) is 4.15. The van der Waals surface area contributed by atoms with Gasteiger partial charge in [-0.2, -0.15) is 0 Å². The van der Waals surface area contributed by atoms with E-state index in [-0.39, 0.29) is 6.61 Å². The number of hydrogen-bond donors (Lipinski definition) is 2. The third-order valence-electron chi connectivity index (χ3n) is 2.26. The molecule has 14 heavy (non-hydrogen) atoms. The quantitative estimate of drug-likeness (QED) is 0.714. The van der Waals surface area contributed by atoms with Crippen molar-refractivity contribution in [1.82, 2.24) is 0 Å². The van der Waals surface area contributed by atoms with Gasteiger partial charge in [-0.05, 0) is 12.5 Å². The Balaban J connectivity index is 2.89. The highest BCUT2D eigenvalue weighted by atomic mass is 16.3. The maximum absolute atomic E-state index is 10.1. The molecule has 0 amide bonds. The number of aliphatic hydroxyl groups is 2. The minimum absolute atomic E-state index is 0.263. The Kier molecular flexibility index (Phi) is 3.86. The Morgan fingerprint density at radius 3 is 2.43 bits per heavy atom. The molecule has 0 aromatic heterocycles. The third kappa shape index (κ3) is 2.44. The van der Waals surface area contributed by atoms with Crippen LogP contribution in [0.1, 0.15) is 18.9 Å². The molecule has 2 heteroatoms. The molecular weight excluding hydrogens is 176 g/mol. The van der Waals surface area contributed by atoms with Crippen LogP contribution in [0.3, 0.4) is 0 Å². The molecule has 0 aliphatic carbocycles. The summed E-state index contributed by atoms with van der Waals surface area (Å²) in [6.45, 7) is 1.63. The maximum atomic E-state index is 10.1. The monoisotopic (exact) mass is 192 g/mol. The molecule has 0 radical (unpaired) electrons. The van der Waals surface area contributed by atoms with Crippen molar-refractivity contribution in [2.75, 3.05) is 6.61 Å². The SMILES string of the molecule is C/C=C\CC(O)(CO)c1ccccc1. The van der Waals surface area contributed by atoms with E-state index in [9.17, 15) is 10.2 Å². The summed E-state index contributed by atoms with van der Waals surface area (Å²) in [4.78, 5) is 0. The molecule has 0 aliphatic rings. The van der Waals surface area contributed by atoms with Gasteiger partial charge in [0.05, 0.1) is 6.61 Å². The Morgan fingerprint density at radius 1 is 1.29 bits per heavy atom. The van der Waals surface area contributed by atoms with E-state index in [0.717, 1.165) is 5.56 Å². The molecule has 2 nitrogen and oxygen atoms in total. The van der Waals surface area contributed by atoms with Crippen LogP contribution in [0.2, 0.25) is 0 Å². The second kappa shape index (κ2) is 4.94. The Hall–Kier alpha value is -1.12. The predicted molar refractivity (Wildman–Crippen MR) is 56.9 cm³/mol. The molecule has 1 unspecified atom stereocenters. The zero-order valence-corrected chi connectivity index (χ0v) is 8.35. The van der Waals surface area contributed by atoms with Crippen LogP contribution in [0, 0.1) is 0 Å². The van der Waals surface area contributed by atoms with Gasteiger partial charge >= 0.3 is 0 Å². The molecule has 1 atom stereocenters. The molecule has 0 bridgehead atoms. The predicted octanol–water partition coefficient (Wildman–Crippen LogP) is 1.83. The lowest BCUT2D eigenvalue weighted by molar-refractivity contribution is -0.0165. The lowest BCUT2D eigenvalue weighted by atomic mass is 9.91. The van der Waals surface area contributed by atoms with Crippen molar-refractivity contribution < 1.29 is 10.2 Å². The van der Waals surface area contributed by atoms with E-state index < -0.39 is 5.60 Å². The van der Waals surface area contributed by atoms with Gasteiger partial charge in [0.1, 0.15) is 5.60 Å². The van der Waals surface area contributed by atoms with Crippen molar-refractivity contribution in [1.29, 1.82) is 0 Å². The van der Waals surface area contributed by atoms with E-state index in [1.165, 1.54) is 0 Å². The van der Waals surface area contributed by atoms with E-state index in [4.69, 9.17) is 0 Å². The van der Waals surface area contributed by atoms with Crippen molar-refractivity contribution in [3.05, 3.63) is 48.0 Å². The van der Waals surface area contributed by atoms with Crippen molar-refractivity contribution in [3.63, 3.8) is 0 Å². The molecule has 0 spiro atoms. The fourth-order valence-electron chi connectivity index (χ4n) is 1.33. The van der Waals surface area contributed by atoms with Crippen LogP contribution in [0.5, 0.6) is 0 Å². The molecule has 2 N–H and O–H groups in total. The largest absolute Gasteiger partial charge is 0.393 e. The first-order valence-electron chi connectivity index (χ1n) is 4.73. The van der Waals surface area contributed by atoms with Crippen molar-refractivity contribution in [2.45, 2.75) is 18.9 Å². The molecule has 0 saturated carbocycles. The van der Waals surface area contributed by atoms with Crippen LogP contribution in [0.15, 0.2) is 42.5 Å². The number of hydrogen-bond acceptors (Lipinski definition) is 2. The average molecular weight is 192 g/mol. The van der Waals surface area contributed by atoms with E-state index in [0.29, 0.717) is 6.42 Å². The van der Waals surface area contributed by atoms with Crippen molar-refractivity contribution in [3.8, 4) is 0 Å². The van der Waals surface area contributed by atoms with Crippen LogP contribution in [-0.4, -0.2) is 16.8 Å². The molecule has 1 rings (SSSR count). The van der Waals surface area contributed by atoms with Crippen LogP contribution < -0.4 is 0 Å². The van der Waals surface area contributed by atoms with Gasteiger partial charge in [-0.25, -0.2) is 0 Å². The van der Waals surface area contributed by atoms with Gasteiger partial charge in [0.15, 0.2) is 0 Å². The van der Waals surface area contributed by atoms with Crippen LogP contribution >= 0.6 is 0 Å². The highest BCUT2D eigenvalue weighted by Crippen LogP contribution is 2.24. The average Bonchev–Trinajstić information content (AvgIpc) is 2.27. The molecular formula is C12H16O2. The van der Waals surface area contributed by atoms with E-state index in [1.807, 2.05) is 49.4 Å². The first-order chi connectivity index (χ1) is 6.73.